The maximum atomic E-state index is 11.8. The van der Waals surface area contributed by atoms with E-state index in [9.17, 15) is 9.59 Å². The molecule has 0 aromatic heterocycles. The lowest BCUT2D eigenvalue weighted by Crippen LogP contribution is -2.56. The third-order valence-corrected chi connectivity index (χ3v) is 3.55. The summed E-state index contributed by atoms with van der Waals surface area (Å²) in [5, 5.41) is 2.66. The fourth-order valence-corrected chi connectivity index (χ4v) is 2.36. The maximum absolute atomic E-state index is 11.8. The quantitative estimate of drug-likeness (QED) is 0.777. The van der Waals surface area contributed by atoms with Crippen molar-refractivity contribution >= 4 is 23.5 Å². The number of methoxy groups -OCH3 is 1. The van der Waals surface area contributed by atoms with Crippen molar-refractivity contribution in [1.82, 2.24) is 5.32 Å². The number of halogens is 1. The van der Waals surface area contributed by atoms with Gasteiger partial charge in [-0.25, -0.2) is 4.79 Å². The molecule has 0 heterocycles. The molecule has 1 amide bonds. The molecule has 0 aliphatic heterocycles. The Morgan fingerprint density at radius 3 is 2.44 bits per heavy atom. The zero-order valence-corrected chi connectivity index (χ0v) is 10.5. The highest BCUT2D eigenvalue weighted by Gasteiger charge is 2.41. The second kappa shape index (κ2) is 5.53. The Kier molecular flexibility index (Phi) is 4.59. The number of Topliss-reactive ketones (excluding diaryl/α,β-unsaturated/α-hetero) is 1. The fraction of sp³-hybridized carbons (Fsp3) is 0.818. The summed E-state index contributed by atoms with van der Waals surface area (Å²) in [5.41, 5.74) is -0.804. The largest absolute Gasteiger partial charge is 0.453 e. The highest BCUT2D eigenvalue weighted by molar-refractivity contribution is 6.29. The van der Waals surface area contributed by atoms with Crippen LogP contribution in [-0.2, 0) is 9.53 Å². The van der Waals surface area contributed by atoms with Crippen molar-refractivity contribution in [3.05, 3.63) is 0 Å². The number of carbonyl (C=O) groups is 2. The molecule has 0 unspecified atom stereocenters. The van der Waals surface area contributed by atoms with E-state index in [-0.39, 0.29) is 11.7 Å². The number of rotatable bonds is 3. The van der Waals surface area contributed by atoms with Crippen LogP contribution in [0.1, 0.15) is 32.6 Å². The van der Waals surface area contributed by atoms with Crippen molar-refractivity contribution < 1.29 is 14.3 Å². The van der Waals surface area contributed by atoms with Crippen LogP contribution in [0.2, 0.25) is 0 Å². The van der Waals surface area contributed by atoms with E-state index in [0.717, 1.165) is 12.8 Å². The van der Waals surface area contributed by atoms with Crippen LogP contribution >= 0.6 is 11.6 Å². The lowest BCUT2D eigenvalue weighted by Gasteiger charge is -2.37. The first kappa shape index (κ1) is 13.3. The molecule has 0 bridgehead atoms. The van der Waals surface area contributed by atoms with Gasteiger partial charge < -0.3 is 10.1 Å². The standard InChI is InChI=1S/C11H18ClNO3/c1-8-3-5-11(6-4-8,9(14)7-12)13-10(15)16-2/h8H,3-7H2,1-2H3,(H,13,15). The number of alkyl carbamates (subject to hydrolysis) is 1. The smallest absolute Gasteiger partial charge is 0.407 e. The number of ketones is 1. The van der Waals surface area contributed by atoms with Crippen molar-refractivity contribution in [2.75, 3.05) is 13.0 Å². The molecule has 92 valence electrons. The number of alkyl halides is 1. The number of nitrogens with one attached hydrogen (secondary N) is 1. The normalized spacial score (nSPS) is 29.6. The van der Waals surface area contributed by atoms with Crippen LogP contribution in [0.15, 0.2) is 0 Å². The van der Waals surface area contributed by atoms with Gasteiger partial charge >= 0.3 is 6.09 Å². The first-order valence-electron chi connectivity index (χ1n) is 5.49. The number of ether oxygens (including phenoxy) is 1. The predicted octanol–water partition coefficient (Wildman–Crippen LogP) is 2.10. The first-order chi connectivity index (χ1) is 7.54. The van der Waals surface area contributed by atoms with Gasteiger partial charge in [0.15, 0.2) is 5.78 Å². The van der Waals surface area contributed by atoms with E-state index in [1.165, 1.54) is 7.11 Å². The zero-order valence-electron chi connectivity index (χ0n) is 9.72. The van der Waals surface area contributed by atoms with Crippen LogP contribution in [0.25, 0.3) is 0 Å². The monoisotopic (exact) mass is 247 g/mol. The van der Waals surface area contributed by atoms with Crippen LogP contribution in [0.3, 0.4) is 0 Å². The molecular weight excluding hydrogens is 230 g/mol. The molecule has 0 saturated heterocycles. The Hall–Kier alpha value is -0.770. The van der Waals surface area contributed by atoms with Crippen molar-refractivity contribution in [2.45, 2.75) is 38.1 Å². The van der Waals surface area contributed by atoms with Gasteiger partial charge in [-0.05, 0) is 31.6 Å². The minimum Gasteiger partial charge on any atom is -0.453 e. The molecule has 0 radical (unpaired) electrons. The van der Waals surface area contributed by atoms with E-state index in [1.54, 1.807) is 0 Å². The zero-order chi connectivity index (χ0) is 12.2. The predicted molar refractivity (Wildman–Crippen MR) is 61.6 cm³/mol. The van der Waals surface area contributed by atoms with Gasteiger partial charge in [0.2, 0.25) is 0 Å². The Morgan fingerprint density at radius 2 is 2.00 bits per heavy atom. The summed E-state index contributed by atoms with van der Waals surface area (Å²) in [5.74, 6) is 0.403. The van der Waals surface area contributed by atoms with E-state index in [0.29, 0.717) is 18.8 Å². The van der Waals surface area contributed by atoms with Gasteiger partial charge in [-0.3, -0.25) is 4.79 Å². The summed E-state index contributed by atoms with van der Waals surface area (Å²) in [6.45, 7) is 2.15. The first-order valence-corrected chi connectivity index (χ1v) is 6.03. The second-order valence-corrected chi connectivity index (χ2v) is 4.71. The number of hydrogen-bond donors (Lipinski definition) is 1. The summed E-state index contributed by atoms with van der Waals surface area (Å²) in [6, 6.07) is 0. The Bertz CT molecular complexity index is 272. The van der Waals surface area contributed by atoms with Crippen molar-refractivity contribution in [3.8, 4) is 0 Å². The molecule has 1 saturated carbocycles. The second-order valence-electron chi connectivity index (χ2n) is 4.44. The molecular formula is C11H18ClNO3. The van der Waals surface area contributed by atoms with E-state index < -0.39 is 11.6 Å². The number of carbonyl (C=O) groups excluding carboxylic acids is 2. The molecule has 16 heavy (non-hydrogen) atoms. The van der Waals surface area contributed by atoms with Gasteiger partial charge in [-0.15, -0.1) is 11.6 Å². The molecule has 1 rings (SSSR count). The average molecular weight is 248 g/mol. The molecule has 0 atom stereocenters. The van der Waals surface area contributed by atoms with Gasteiger partial charge in [-0.2, -0.15) is 0 Å². The molecule has 5 heteroatoms. The molecule has 1 aliphatic rings. The van der Waals surface area contributed by atoms with Gasteiger partial charge in [0, 0.05) is 0 Å². The minimum absolute atomic E-state index is 0.0711. The van der Waals surface area contributed by atoms with Crippen LogP contribution in [0, 0.1) is 5.92 Å². The maximum Gasteiger partial charge on any atom is 0.407 e. The highest BCUT2D eigenvalue weighted by atomic mass is 35.5. The Morgan fingerprint density at radius 1 is 1.44 bits per heavy atom. The summed E-state index contributed by atoms with van der Waals surface area (Å²) in [4.78, 5) is 23.1. The molecule has 1 fully saturated rings. The fourth-order valence-electron chi connectivity index (χ4n) is 2.10. The van der Waals surface area contributed by atoms with Gasteiger partial charge in [0.25, 0.3) is 0 Å². The Labute approximate surface area is 101 Å². The van der Waals surface area contributed by atoms with Crippen LogP contribution < -0.4 is 5.32 Å². The Balaban J connectivity index is 2.77. The molecule has 4 nitrogen and oxygen atoms in total. The van der Waals surface area contributed by atoms with Crippen molar-refractivity contribution in [1.29, 1.82) is 0 Å². The number of hydrogen-bond acceptors (Lipinski definition) is 3. The number of amides is 1. The van der Waals surface area contributed by atoms with Crippen LogP contribution in [0.5, 0.6) is 0 Å². The average Bonchev–Trinajstić information content (AvgIpc) is 2.31. The molecule has 1 N–H and O–H groups in total. The SMILES string of the molecule is COC(=O)NC1(C(=O)CCl)CCC(C)CC1. The van der Waals surface area contributed by atoms with Crippen LogP contribution in [0.4, 0.5) is 4.79 Å². The summed E-state index contributed by atoms with van der Waals surface area (Å²) in [6.07, 6.45) is 2.58. The summed E-state index contributed by atoms with van der Waals surface area (Å²) >= 11 is 5.60. The lowest BCUT2D eigenvalue weighted by molar-refractivity contribution is -0.124. The molecule has 1 aliphatic carbocycles. The topological polar surface area (TPSA) is 55.4 Å². The molecule has 0 aromatic rings. The minimum atomic E-state index is -0.804. The van der Waals surface area contributed by atoms with Gasteiger partial charge in [0.1, 0.15) is 5.54 Å². The van der Waals surface area contributed by atoms with E-state index >= 15 is 0 Å². The third-order valence-electron chi connectivity index (χ3n) is 3.31. The molecule has 0 aromatic carbocycles. The van der Waals surface area contributed by atoms with Gasteiger partial charge in [-0.1, -0.05) is 6.92 Å². The van der Waals surface area contributed by atoms with E-state index in [4.69, 9.17) is 11.6 Å². The molecule has 0 spiro atoms. The van der Waals surface area contributed by atoms with E-state index in [2.05, 4.69) is 17.0 Å². The van der Waals surface area contributed by atoms with Crippen molar-refractivity contribution in [2.24, 2.45) is 5.92 Å². The van der Waals surface area contributed by atoms with Crippen LogP contribution in [-0.4, -0.2) is 30.4 Å². The summed E-state index contributed by atoms with van der Waals surface area (Å²) < 4.78 is 4.55. The highest BCUT2D eigenvalue weighted by Crippen LogP contribution is 2.33. The van der Waals surface area contributed by atoms with Gasteiger partial charge in [0.05, 0.1) is 13.0 Å². The van der Waals surface area contributed by atoms with Crippen molar-refractivity contribution in [3.63, 3.8) is 0 Å². The van der Waals surface area contributed by atoms with E-state index in [1.807, 2.05) is 0 Å². The lowest BCUT2D eigenvalue weighted by atomic mass is 9.75. The third kappa shape index (κ3) is 2.88. The summed E-state index contributed by atoms with van der Waals surface area (Å²) in [7, 11) is 1.29.